The van der Waals surface area contributed by atoms with Crippen LogP contribution in [0.25, 0.3) is 17.4 Å². The van der Waals surface area contributed by atoms with E-state index in [1.165, 1.54) is 26.5 Å². The van der Waals surface area contributed by atoms with Crippen molar-refractivity contribution < 1.29 is 23.5 Å². The Morgan fingerprint density at radius 3 is 2.38 bits per heavy atom. The minimum Gasteiger partial charge on any atom is -0.493 e. The van der Waals surface area contributed by atoms with Crippen LogP contribution in [0, 0.1) is 0 Å². The number of carbonyl (C=O) groups excluding carboxylic acids is 2. The van der Waals surface area contributed by atoms with Crippen LogP contribution >= 0.6 is 23.2 Å². The van der Waals surface area contributed by atoms with Crippen molar-refractivity contribution in [3.05, 3.63) is 111 Å². The minimum absolute atomic E-state index is 0.0405. The average molecular weight is 564 g/mol. The molecular formula is C29H23Cl2N3O5. The molecule has 2 N–H and O–H groups in total. The fraction of sp³-hybridized carbons (Fsp3) is 0.0690. The normalized spacial score (nSPS) is 11.3. The molecule has 0 aliphatic heterocycles. The second kappa shape index (κ2) is 12.8. The summed E-state index contributed by atoms with van der Waals surface area (Å²) in [7, 11) is 3.03. The van der Waals surface area contributed by atoms with Crippen LogP contribution in [-0.2, 0) is 4.79 Å². The van der Waals surface area contributed by atoms with E-state index in [1.54, 1.807) is 78.9 Å². The molecule has 0 atom stereocenters. The van der Waals surface area contributed by atoms with Gasteiger partial charge in [0.1, 0.15) is 17.2 Å². The fourth-order valence-corrected chi connectivity index (χ4v) is 4.02. The molecule has 10 heteroatoms. The van der Waals surface area contributed by atoms with Gasteiger partial charge in [0.2, 0.25) is 0 Å². The van der Waals surface area contributed by atoms with Gasteiger partial charge in [-0.1, -0.05) is 47.5 Å². The molecule has 0 aliphatic rings. The van der Waals surface area contributed by atoms with Gasteiger partial charge in [0.15, 0.2) is 11.5 Å². The number of furan rings is 1. The number of amides is 2. The van der Waals surface area contributed by atoms with Crippen LogP contribution in [0.5, 0.6) is 11.5 Å². The minimum atomic E-state index is -0.655. The number of hydrogen-bond donors (Lipinski definition) is 2. The van der Waals surface area contributed by atoms with Gasteiger partial charge in [0, 0.05) is 16.1 Å². The highest BCUT2D eigenvalue weighted by molar-refractivity contribution is 6.36. The van der Waals surface area contributed by atoms with Gasteiger partial charge >= 0.3 is 0 Å². The predicted molar refractivity (Wildman–Crippen MR) is 151 cm³/mol. The van der Waals surface area contributed by atoms with E-state index in [0.717, 1.165) is 0 Å². The Balaban J connectivity index is 1.54. The summed E-state index contributed by atoms with van der Waals surface area (Å²) in [5.41, 5.74) is 4.01. The molecule has 1 heterocycles. The summed E-state index contributed by atoms with van der Waals surface area (Å²) in [6, 6.07) is 22.1. The molecule has 4 aromatic rings. The topological polar surface area (TPSA) is 102 Å². The van der Waals surface area contributed by atoms with Gasteiger partial charge in [-0.05, 0) is 66.2 Å². The van der Waals surface area contributed by atoms with Gasteiger partial charge < -0.3 is 19.2 Å². The molecule has 198 valence electrons. The SMILES string of the molecule is COc1ccc(/C=C(/NC(=O)c2ccccc2)C(=O)N/N=C/c2ccc(-c3ccc(Cl)cc3Cl)o2)cc1OC. The number of nitrogens with zero attached hydrogens (tertiary/aromatic N) is 1. The van der Waals surface area contributed by atoms with Crippen LogP contribution in [0.15, 0.2) is 94.1 Å². The third-order valence-corrected chi connectivity index (χ3v) is 5.98. The van der Waals surface area contributed by atoms with Crippen molar-refractivity contribution in [1.29, 1.82) is 0 Å². The molecule has 1 aromatic heterocycles. The lowest BCUT2D eigenvalue weighted by Gasteiger charge is -2.11. The number of methoxy groups -OCH3 is 2. The third kappa shape index (κ3) is 7.07. The van der Waals surface area contributed by atoms with Crippen LogP contribution < -0.4 is 20.2 Å². The van der Waals surface area contributed by atoms with Crippen molar-refractivity contribution >= 4 is 47.3 Å². The number of hydrazone groups is 1. The Bertz CT molecular complexity index is 1550. The molecule has 0 fully saturated rings. The third-order valence-electron chi connectivity index (χ3n) is 5.43. The Morgan fingerprint density at radius 2 is 1.67 bits per heavy atom. The first-order chi connectivity index (χ1) is 18.9. The molecule has 39 heavy (non-hydrogen) atoms. The number of benzene rings is 3. The first kappa shape index (κ1) is 27.5. The summed E-state index contributed by atoms with van der Waals surface area (Å²) in [4.78, 5) is 25.9. The summed E-state index contributed by atoms with van der Waals surface area (Å²) in [5.74, 6) is 0.752. The van der Waals surface area contributed by atoms with Crippen LogP contribution in [0.3, 0.4) is 0 Å². The van der Waals surface area contributed by atoms with Gasteiger partial charge in [-0.2, -0.15) is 5.10 Å². The average Bonchev–Trinajstić information content (AvgIpc) is 3.41. The molecule has 0 bridgehead atoms. The highest BCUT2D eigenvalue weighted by Gasteiger charge is 2.15. The van der Waals surface area contributed by atoms with Crippen LogP contribution in [-0.4, -0.2) is 32.2 Å². The molecule has 0 aliphatic carbocycles. The van der Waals surface area contributed by atoms with E-state index in [0.29, 0.717) is 49.8 Å². The van der Waals surface area contributed by atoms with Gasteiger partial charge in [0.05, 0.1) is 25.5 Å². The van der Waals surface area contributed by atoms with E-state index in [9.17, 15) is 9.59 Å². The number of rotatable bonds is 9. The second-order valence-electron chi connectivity index (χ2n) is 8.02. The van der Waals surface area contributed by atoms with E-state index in [4.69, 9.17) is 37.1 Å². The summed E-state index contributed by atoms with van der Waals surface area (Å²) >= 11 is 12.2. The summed E-state index contributed by atoms with van der Waals surface area (Å²) in [6.45, 7) is 0. The molecule has 2 amide bonds. The fourth-order valence-electron chi connectivity index (χ4n) is 3.52. The zero-order chi connectivity index (χ0) is 27.8. The van der Waals surface area contributed by atoms with Crippen LogP contribution in [0.1, 0.15) is 21.7 Å². The van der Waals surface area contributed by atoms with Gasteiger partial charge in [-0.3, -0.25) is 9.59 Å². The van der Waals surface area contributed by atoms with Gasteiger partial charge in [-0.15, -0.1) is 0 Å². The number of nitrogens with one attached hydrogen (secondary N) is 2. The number of carbonyl (C=O) groups is 2. The summed E-state index contributed by atoms with van der Waals surface area (Å²) < 4.78 is 16.4. The van der Waals surface area contributed by atoms with E-state index in [-0.39, 0.29) is 5.70 Å². The van der Waals surface area contributed by atoms with E-state index in [2.05, 4.69) is 15.8 Å². The van der Waals surface area contributed by atoms with Gasteiger partial charge in [-0.25, -0.2) is 5.43 Å². The lowest BCUT2D eigenvalue weighted by molar-refractivity contribution is -0.117. The standard InChI is InChI=1S/C29H23Cl2N3O5/c1-37-26-12-8-18(15-27(26)38-2)14-24(33-28(35)19-6-4-3-5-7-19)29(36)34-32-17-21-10-13-25(39-21)22-11-9-20(30)16-23(22)31/h3-17H,1-2H3,(H,33,35)(H,34,36)/b24-14+,32-17+. The molecule has 4 rings (SSSR count). The van der Waals surface area contributed by atoms with E-state index < -0.39 is 11.8 Å². The van der Waals surface area contributed by atoms with E-state index >= 15 is 0 Å². The Hall–Kier alpha value is -4.53. The molecule has 3 aromatic carbocycles. The molecule has 0 radical (unpaired) electrons. The quantitative estimate of drug-likeness (QED) is 0.143. The highest BCUT2D eigenvalue weighted by Crippen LogP contribution is 2.31. The largest absolute Gasteiger partial charge is 0.493 e. The van der Waals surface area contributed by atoms with Crippen LogP contribution in [0.4, 0.5) is 0 Å². The summed E-state index contributed by atoms with van der Waals surface area (Å²) in [5, 5.41) is 7.58. The molecule has 0 spiro atoms. The predicted octanol–water partition coefficient (Wildman–Crippen LogP) is 6.19. The summed E-state index contributed by atoms with van der Waals surface area (Å²) in [6.07, 6.45) is 2.83. The van der Waals surface area contributed by atoms with Crippen molar-refractivity contribution in [3.8, 4) is 22.8 Å². The lowest BCUT2D eigenvalue weighted by atomic mass is 10.1. The maximum Gasteiger partial charge on any atom is 0.287 e. The molecule has 0 saturated carbocycles. The van der Waals surface area contributed by atoms with Crippen molar-refractivity contribution in [2.75, 3.05) is 14.2 Å². The number of halogens is 2. The Labute approximate surface area is 234 Å². The highest BCUT2D eigenvalue weighted by atomic mass is 35.5. The Kier molecular flexibility index (Phi) is 9.04. The Morgan fingerprint density at radius 1 is 0.897 bits per heavy atom. The van der Waals surface area contributed by atoms with Crippen molar-refractivity contribution in [1.82, 2.24) is 10.7 Å². The maximum absolute atomic E-state index is 13.1. The van der Waals surface area contributed by atoms with Crippen molar-refractivity contribution in [2.45, 2.75) is 0 Å². The van der Waals surface area contributed by atoms with Crippen molar-refractivity contribution in [2.24, 2.45) is 5.10 Å². The maximum atomic E-state index is 13.1. The number of hydrogen-bond acceptors (Lipinski definition) is 6. The molecule has 0 saturated heterocycles. The first-order valence-corrected chi connectivity index (χ1v) is 12.3. The van der Waals surface area contributed by atoms with Crippen molar-refractivity contribution in [3.63, 3.8) is 0 Å². The molecule has 0 unspecified atom stereocenters. The molecule has 8 nitrogen and oxygen atoms in total. The van der Waals surface area contributed by atoms with Gasteiger partial charge in [0.25, 0.3) is 11.8 Å². The molecular weight excluding hydrogens is 541 g/mol. The number of ether oxygens (including phenoxy) is 2. The van der Waals surface area contributed by atoms with E-state index in [1.807, 2.05) is 0 Å². The zero-order valence-corrected chi connectivity index (χ0v) is 22.4. The smallest absolute Gasteiger partial charge is 0.287 e. The second-order valence-corrected chi connectivity index (χ2v) is 8.86. The van der Waals surface area contributed by atoms with Crippen LogP contribution in [0.2, 0.25) is 10.0 Å². The first-order valence-electron chi connectivity index (χ1n) is 11.6. The zero-order valence-electron chi connectivity index (χ0n) is 20.9. The monoisotopic (exact) mass is 563 g/mol. The lowest BCUT2D eigenvalue weighted by Crippen LogP contribution is -2.32.